The predicted octanol–water partition coefficient (Wildman–Crippen LogP) is 3.73. The van der Waals surface area contributed by atoms with Crippen LogP contribution in [0.25, 0.3) is 0 Å². The minimum Gasteiger partial charge on any atom is -0.352 e. The van der Waals surface area contributed by atoms with Crippen LogP contribution < -0.4 is 10.6 Å². The van der Waals surface area contributed by atoms with Gasteiger partial charge in [0.05, 0.1) is 0 Å². The van der Waals surface area contributed by atoms with Crippen molar-refractivity contribution in [1.29, 1.82) is 0 Å². The van der Waals surface area contributed by atoms with Gasteiger partial charge < -0.3 is 10.6 Å². The summed E-state index contributed by atoms with van der Waals surface area (Å²) in [7, 11) is 0. The lowest BCUT2D eigenvalue weighted by atomic mass is 9.91. The van der Waals surface area contributed by atoms with Crippen LogP contribution >= 0.6 is 0 Å². The quantitative estimate of drug-likeness (QED) is 0.735. The third-order valence-corrected chi connectivity index (χ3v) is 5.58. The lowest BCUT2D eigenvalue weighted by Gasteiger charge is -2.35. The number of amides is 2. The van der Waals surface area contributed by atoms with Crippen LogP contribution in [-0.2, 0) is 24.4 Å². The number of piperidine rings is 1. The Hall–Kier alpha value is -2.66. The van der Waals surface area contributed by atoms with Crippen LogP contribution in [0.2, 0.25) is 0 Å². The second-order valence-corrected chi connectivity index (χ2v) is 8.75. The summed E-state index contributed by atoms with van der Waals surface area (Å²) in [6.07, 6.45) is 1.33. The molecule has 2 aromatic rings. The number of carbonyl (C=O) groups is 2. The molecule has 1 aliphatic heterocycles. The highest BCUT2D eigenvalue weighted by atomic mass is 16.2. The predicted molar refractivity (Wildman–Crippen MR) is 120 cm³/mol. The van der Waals surface area contributed by atoms with E-state index in [9.17, 15) is 9.59 Å². The van der Waals surface area contributed by atoms with Crippen LogP contribution in [-0.4, -0.2) is 29.8 Å². The molecule has 160 valence electrons. The number of nitrogens with one attached hydrogen (secondary N) is 2. The Labute approximate surface area is 179 Å². The highest BCUT2D eigenvalue weighted by molar-refractivity contribution is 5.94. The molecule has 2 N–H and O–H groups in total. The maximum absolute atomic E-state index is 12.4. The SMILES string of the molecule is CC(=O)NCc1ccc(C(=O)NCc2ccc(CN3CC(C)CC(C)C3)cc2)cc1. The normalized spacial score (nSPS) is 19.3. The average Bonchev–Trinajstić information content (AvgIpc) is 2.71. The van der Waals surface area contributed by atoms with Gasteiger partial charge in [0.2, 0.25) is 5.91 Å². The zero-order valence-electron chi connectivity index (χ0n) is 18.3. The summed E-state index contributed by atoms with van der Waals surface area (Å²) >= 11 is 0. The van der Waals surface area contributed by atoms with Gasteiger partial charge in [-0.25, -0.2) is 0 Å². The van der Waals surface area contributed by atoms with E-state index < -0.39 is 0 Å². The summed E-state index contributed by atoms with van der Waals surface area (Å²) in [6, 6.07) is 15.8. The van der Waals surface area contributed by atoms with Gasteiger partial charge >= 0.3 is 0 Å². The van der Waals surface area contributed by atoms with Crippen molar-refractivity contribution < 1.29 is 9.59 Å². The number of benzene rings is 2. The first-order chi connectivity index (χ1) is 14.4. The van der Waals surface area contributed by atoms with E-state index in [0.29, 0.717) is 18.7 Å². The monoisotopic (exact) mass is 407 g/mol. The summed E-state index contributed by atoms with van der Waals surface area (Å²) in [5.74, 6) is 1.37. The highest BCUT2D eigenvalue weighted by Crippen LogP contribution is 2.22. The van der Waals surface area contributed by atoms with Crippen LogP contribution in [0.3, 0.4) is 0 Å². The molecule has 1 heterocycles. The highest BCUT2D eigenvalue weighted by Gasteiger charge is 2.21. The Morgan fingerprint density at radius 3 is 1.90 bits per heavy atom. The van der Waals surface area contributed by atoms with Gasteiger partial charge in [-0.05, 0) is 47.1 Å². The molecule has 5 heteroatoms. The summed E-state index contributed by atoms with van der Waals surface area (Å²) in [4.78, 5) is 25.9. The maximum atomic E-state index is 12.4. The van der Waals surface area contributed by atoms with Gasteiger partial charge in [-0.1, -0.05) is 50.2 Å². The molecule has 2 amide bonds. The first kappa shape index (κ1) is 22.0. The minimum absolute atomic E-state index is 0.0668. The van der Waals surface area contributed by atoms with E-state index in [4.69, 9.17) is 0 Å². The van der Waals surface area contributed by atoms with Crippen molar-refractivity contribution in [2.75, 3.05) is 13.1 Å². The van der Waals surface area contributed by atoms with Gasteiger partial charge in [0.15, 0.2) is 0 Å². The van der Waals surface area contributed by atoms with Crippen molar-refractivity contribution in [2.45, 2.75) is 46.8 Å². The lowest BCUT2D eigenvalue weighted by molar-refractivity contribution is -0.119. The molecule has 1 saturated heterocycles. The Balaban J connectivity index is 1.47. The fourth-order valence-corrected chi connectivity index (χ4v) is 4.23. The number of rotatable bonds is 7. The number of likely N-dealkylation sites (tertiary alicyclic amines) is 1. The summed E-state index contributed by atoms with van der Waals surface area (Å²) in [5, 5.41) is 5.73. The Bertz CT molecular complexity index is 836. The van der Waals surface area contributed by atoms with Gasteiger partial charge in [0.1, 0.15) is 0 Å². The molecule has 3 rings (SSSR count). The molecule has 0 aliphatic carbocycles. The molecule has 0 bridgehead atoms. The van der Waals surface area contributed by atoms with Crippen LogP contribution in [0, 0.1) is 11.8 Å². The summed E-state index contributed by atoms with van der Waals surface area (Å²) < 4.78 is 0. The Kier molecular flexibility index (Phi) is 7.63. The van der Waals surface area contributed by atoms with Crippen molar-refractivity contribution in [3.63, 3.8) is 0 Å². The molecule has 2 atom stereocenters. The third-order valence-electron chi connectivity index (χ3n) is 5.58. The van der Waals surface area contributed by atoms with E-state index >= 15 is 0 Å². The molecule has 0 radical (unpaired) electrons. The number of hydrogen-bond donors (Lipinski definition) is 2. The van der Waals surface area contributed by atoms with Crippen molar-refractivity contribution in [2.24, 2.45) is 11.8 Å². The smallest absolute Gasteiger partial charge is 0.251 e. The first-order valence-electron chi connectivity index (χ1n) is 10.8. The van der Waals surface area contributed by atoms with Crippen molar-refractivity contribution in [3.05, 3.63) is 70.8 Å². The fourth-order valence-electron chi connectivity index (χ4n) is 4.23. The second kappa shape index (κ2) is 10.4. The van der Waals surface area contributed by atoms with E-state index in [1.807, 2.05) is 12.1 Å². The summed E-state index contributed by atoms with van der Waals surface area (Å²) in [6.45, 7) is 10.5. The lowest BCUT2D eigenvalue weighted by Crippen LogP contribution is -2.38. The standard InChI is InChI=1S/C25H33N3O2/c1-18-12-19(2)16-28(15-18)17-23-6-4-21(5-7-23)14-27-25(30)24-10-8-22(9-11-24)13-26-20(3)29/h4-11,18-19H,12-17H2,1-3H3,(H,26,29)(H,27,30). The number of hydrogen-bond acceptors (Lipinski definition) is 3. The Morgan fingerprint density at radius 2 is 1.33 bits per heavy atom. The van der Waals surface area contributed by atoms with Crippen LogP contribution in [0.1, 0.15) is 54.2 Å². The zero-order chi connectivity index (χ0) is 21.5. The molecule has 2 unspecified atom stereocenters. The molecule has 1 aliphatic rings. The molecule has 5 nitrogen and oxygen atoms in total. The van der Waals surface area contributed by atoms with Gasteiger partial charge in [0, 0.05) is 45.2 Å². The van der Waals surface area contributed by atoms with E-state index in [1.165, 1.54) is 32.0 Å². The molecule has 1 fully saturated rings. The van der Waals surface area contributed by atoms with Gasteiger partial charge in [-0.2, -0.15) is 0 Å². The molecule has 2 aromatic carbocycles. The molecule has 0 saturated carbocycles. The molecule has 30 heavy (non-hydrogen) atoms. The maximum Gasteiger partial charge on any atom is 0.251 e. The van der Waals surface area contributed by atoms with Gasteiger partial charge in [-0.15, -0.1) is 0 Å². The van der Waals surface area contributed by atoms with Gasteiger partial charge in [0.25, 0.3) is 5.91 Å². The van der Waals surface area contributed by atoms with Gasteiger partial charge in [-0.3, -0.25) is 14.5 Å². The van der Waals surface area contributed by atoms with E-state index in [-0.39, 0.29) is 11.8 Å². The summed E-state index contributed by atoms with van der Waals surface area (Å²) in [5.41, 5.74) is 4.00. The third kappa shape index (κ3) is 6.70. The molecular weight excluding hydrogens is 374 g/mol. The largest absolute Gasteiger partial charge is 0.352 e. The fraction of sp³-hybridized carbons (Fsp3) is 0.440. The molecule has 0 aromatic heterocycles. The van der Waals surface area contributed by atoms with E-state index in [0.717, 1.165) is 29.5 Å². The minimum atomic E-state index is -0.0959. The van der Waals surface area contributed by atoms with Crippen molar-refractivity contribution in [1.82, 2.24) is 15.5 Å². The topological polar surface area (TPSA) is 61.4 Å². The second-order valence-electron chi connectivity index (χ2n) is 8.75. The molecule has 0 spiro atoms. The number of nitrogens with zero attached hydrogens (tertiary/aromatic N) is 1. The van der Waals surface area contributed by atoms with Crippen molar-refractivity contribution >= 4 is 11.8 Å². The Morgan fingerprint density at radius 1 is 0.833 bits per heavy atom. The van der Waals surface area contributed by atoms with E-state index in [1.54, 1.807) is 12.1 Å². The van der Waals surface area contributed by atoms with Crippen molar-refractivity contribution in [3.8, 4) is 0 Å². The average molecular weight is 408 g/mol. The number of carbonyl (C=O) groups excluding carboxylic acids is 2. The van der Waals surface area contributed by atoms with Crippen LogP contribution in [0.5, 0.6) is 0 Å². The van der Waals surface area contributed by atoms with E-state index in [2.05, 4.69) is 53.6 Å². The van der Waals surface area contributed by atoms with Crippen LogP contribution in [0.4, 0.5) is 0 Å². The first-order valence-corrected chi connectivity index (χ1v) is 10.8. The zero-order valence-corrected chi connectivity index (χ0v) is 18.3. The van der Waals surface area contributed by atoms with Crippen LogP contribution in [0.15, 0.2) is 48.5 Å². The molecular formula is C25H33N3O2.